The Bertz CT molecular complexity index is 325. The van der Waals surface area contributed by atoms with Crippen molar-refractivity contribution in [3.05, 3.63) is 0 Å². The van der Waals surface area contributed by atoms with Gasteiger partial charge >= 0.3 is 12.0 Å². The predicted octanol–water partition coefficient (Wildman–Crippen LogP) is 1.51. The van der Waals surface area contributed by atoms with Crippen LogP contribution in [0.4, 0.5) is 4.79 Å². The van der Waals surface area contributed by atoms with Gasteiger partial charge in [0.1, 0.15) is 6.54 Å². The smallest absolute Gasteiger partial charge is 0.323 e. The van der Waals surface area contributed by atoms with Gasteiger partial charge in [-0.15, -0.1) is 0 Å². The molecular weight excluding hydrogens is 260 g/mol. The van der Waals surface area contributed by atoms with E-state index in [1.54, 1.807) is 12.0 Å². The fourth-order valence-corrected chi connectivity index (χ4v) is 2.54. The van der Waals surface area contributed by atoms with E-state index in [9.17, 15) is 9.59 Å². The number of carbonyl (C=O) groups excluding carboxylic acids is 1. The second-order valence-electron chi connectivity index (χ2n) is 5.84. The number of methoxy groups -OCH3 is 1. The van der Waals surface area contributed by atoms with Crippen molar-refractivity contribution < 1.29 is 19.4 Å². The number of amides is 2. The highest BCUT2D eigenvalue weighted by atomic mass is 16.5. The lowest BCUT2D eigenvalue weighted by Crippen LogP contribution is -2.49. The van der Waals surface area contributed by atoms with Crippen LogP contribution in [0.25, 0.3) is 0 Å². The number of carboxylic acid groups (broad SMARTS) is 1. The number of nitrogens with zero attached hydrogens (tertiary/aromatic N) is 2. The van der Waals surface area contributed by atoms with Crippen molar-refractivity contribution in [2.24, 2.45) is 11.8 Å². The maximum Gasteiger partial charge on any atom is 0.323 e. The molecule has 1 saturated heterocycles. The summed E-state index contributed by atoms with van der Waals surface area (Å²) in [4.78, 5) is 26.5. The predicted molar refractivity (Wildman–Crippen MR) is 75.6 cm³/mol. The molecule has 1 rings (SSSR count). The third-order valence-electron chi connectivity index (χ3n) is 3.47. The molecule has 20 heavy (non-hydrogen) atoms. The van der Waals surface area contributed by atoms with Gasteiger partial charge in [-0.25, -0.2) is 4.79 Å². The summed E-state index contributed by atoms with van der Waals surface area (Å²) in [6.07, 6.45) is 1.84. The van der Waals surface area contributed by atoms with Crippen LogP contribution in [0.15, 0.2) is 0 Å². The number of hydrogen-bond acceptors (Lipinski definition) is 3. The van der Waals surface area contributed by atoms with Crippen LogP contribution in [-0.4, -0.2) is 66.8 Å². The Morgan fingerprint density at radius 3 is 2.40 bits per heavy atom. The lowest BCUT2D eigenvalue weighted by Gasteiger charge is -2.35. The van der Waals surface area contributed by atoms with E-state index in [1.807, 2.05) is 13.8 Å². The molecule has 0 radical (unpaired) electrons. The standard InChI is InChI=1S/C14H26N2O4/c1-11(2)8-16(9-13(17)18)14(19)15-6-4-12(5-7-15)10-20-3/h11-12H,4-10H2,1-3H3,(H,17,18). The number of urea groups is 1. The molecule has 0 aliphatic carbocycles. The van der Waals surface area contributed by atoms with Crippen molar-refractivity contribution in [3.8, 4) is 0 Å². The van der Waals surface area contributed by atoms with Crippen molar-refractivity contribution >= 4 is 12.0 Å². The minimum Gasteiger partial charge on any atom is -0.480 e. The Labute approximate surface area is 120 Å². The Hall–Kier alpha value is -1.30. The number of piperidine rings is 1. The van der Waals surface area contributed by atoms with E-state index in [1.165, 1.54) is 4.90 Å². The van der Waals surface area contributed by atoms with Crippen molar-refractivity contribution in [1.82, 2.24) is 9.80 Å². The second kappa shape index (κ2) is 8.09. The first kappa shape index (κ1) is 16.8. The molecule has 6 nitrogen and oxygen atoms in total. The summed E-state index contributed by atoms with van der Waals surface area (Å²) in [5.41, 5.74) is 0. The average molecular weight is 286 g/mol. The van der Waals surface area contributed by atoms with E-state index in [4.69, 9.17) is 9.84 Å². The third kappa shape index (κ3) is 5.36. The zero-order valence-electron chi connectivity index (χ0n) is 12.7. The van der Waals surface area contributed by atoms with Gasteiger partial charge in [-0.2, -0.15) is 0 Å². The Kier molecular flexibility index (Phi) is 6.78. The number of carbonyl (C=O) groups is 2. The van der Waals surface area contributed by atoms with Gasteiger partial charge in [0.05, 0.1) is 0 Å². The number of rotatable bonds is 6. The van der Waals surface area contributed by atoms with Gasteiger partial charge in [0.2, 0.25) is 0 Å². The molecule has 0 aromatic rings. The van der Waals surface area contributed by atoms with Gasteiger partial charge < -0.3 is 19.6 Å². The molecule has 0 aromatic carbocycles. The summed E-state index contributed by atoms with van der Waals surface area (Å²) in [6, 6.07) is -0.156. The van der Waals surface area contributed by atoms with Crippen molar-refractivity contribution in [1.29, 1.82) is 0 Å². The molecule has 1 N–H and O–H groups in total. The first-order valence-electron chi connectivity index (χ1n) is 7.18. The molecule has 0 unspecified atom stereocenters. The van der Waals surface area contributed by atoms with Crippen LogP contribution in [0, 0.1) is 11.8 Å². The Morgan fingerprint density at radius 2 is 1.95 bits per heavy atom. The largest absolute Gasteiger partial charge is 0.480 e. The maximum absolute atomic E-state index is 12.4. The normalized spacial score (nSPS) is 16.5. The molecule has 1 heterocycles. The van der Waals surface area contributed by atoms with E-state index in [2.05, 4.69) is 0 Å². The number of aliphatic carboxylic acids is 1. The van der Waals surface area contributed by atoms with E-state index in [-0.39, 0.29) is 18.5 Å². The number of carboxylic acids is 1. The highest BCUT2D eigenvalue weighted by Crippen LogP contribution is 2.18. The van der Waals surface area contributed by atoms with Crippen molar-refractivity contribution in [3.63, 3.8) is 0 Å². The molecule has 1 fully saturated rings. The molecule has 0 spiro atoms. The molecule has 0 bridgehead atoms. The van der Waals surface area contributed by atoms with Gasteiger partial charge in [0.25, 0.3) is 0 Å². The average Bonchev–Trinajstić information content (AvgIpc) is 2.37. The van der Waals surface area contributed by atoms with Crippen LogP contribution < -0.4 is 0 Å². The molecule has 0 saturated carbocycles. The Morgan fingerprint density at radius 1 is 1.35 bits per heavy atom. The van der Waals surface area contributed by atoms with E-state index in [0.717, 1.165) is 19.4 Å². The number of ether oxygens (including phenoxy) is 1. The van der Waals surface area contributed by atoms with Crippen LogP contribution >= 0.6 is 0 Å². The fraction of sp³-hybridized carbons (Fsp3) is 0.857. The molecule has 2 amide bonds. The van der Waals surface area contributed by atoms with E-state index in [0.29, 0.717) is 25.6 Å². The lowest BCUT2D eigenvalue weighted by atomic mass is 9.98. The monoisotopic (exact) mass is 286 g/mol. The van der Waals surface area contributed by atoms with Gasteiger partial charge in [-0.05, 0) is 24.7 Å². The molecule has 0 aromatic heterocycles. The maximum atomic E-state index is 12.4. The molecule has 6 heteroatoms. The lowest BCUT2D eigenvalue weighted by molar-refractivity contribution is -0.137. The number of hydrogen-bond donors (Lipinski definition) is 1. The van der Waals surface area contributed by atoms with Gasteiger partial charge in [-0.1, -0.05) is 13.8 Å². The summed E-state index contributed by atoms with van der Waals surface area (Å²) in [7, 11) is 1.69. The molecule has 1 aliphatic rings. The third-order valence-corrected chi connectivity index (χ3v) is 3.47. The molecule has 0 atom stereocenters. The highest BCUT2D eigenvalue weighted by Gasteiger charge is 2.27. The van der Waals surface area contributed by atoms with Gasteiger partial charge in [0, 0.05) is 33.4 Å². The zero-order chi connectivity index (χ0) is 15.1. The molecule has 1 aliphatic heterocycles. The summed E-state index contributed by atoms with van der Waals surface area (Å²) < 4.78 is 5.14. The number of likely N-dealkylation sites (tertiary alicyclic amines) is 1. The fourth-order valence-electron chi connectivity index (χ4n) is 2.54. The van der Waals surface area contributed by atoms with Crippen LogP contribution in [0.2, 0.25) is 0 Å². The van der Waals surface area contributed by atoms with Gasteiger partial charge in [0.15, 0.2) is 0 Å². The SMILES string of the molecule is COCC1CCN(C(=O)N(CC(=O)O)CC(C)C)CC1. The molecular formula is C14H26N2O4. The zero-order valence-corrected chi connectivity index (χ0v) is 12.7. The van der Waals surface area contributed by atoms with Crippen molar-refractivity contribution in [2.75, 3.05) is 39.9 Å². The van der Waals surface area contributed by atoms with Crippen LogP contribution in [-0.2, 0) is 9.53 Å². The molecule has 116 valence electrons. The second-order valence-corrected chi connectivity index (χ2v) is 5.84. The van der Waals surface area contributed by atoms with Crippen LogP contribution in [0.3, 0.4) is 0 Å². The first-order chi connectivity index (χ1) is 9.43. The van der Waals surface area contributed by atoms with Crippen molar-refractivity contribution in [2.45, 2.75) is 26.7 Å². The summed E-state index contributed by atoms with van der Waals surface area (Å²) in [5.74, 6) is -0.209. The van der Waals surface area contributed by atoms with E-state index >= 15 is 0 Å². The Balaban J connectivity index is 2.54. The van der Waals surface area contributed by atoms with E-state index < -0.39 is 5.97 Å². The topological polar surface area (TPSA) is 70.1 Å². The summed E-state index contributed by atoms with van der Waals surface area (Å²) in [6.45, 7) is 6.30. The van der Waals surface area contributed by atoms with Crippen LogP contribution in [0.1, 0.15) is 26.7 Å². The summed E-state index contributed by atoms with van der Waals surface area (Å²) >= 11 is 0. The minimum absolute atomic E-state index is 0.156. The van der Waals surface area contributed by atoms with Gasteiger partial charge in [-0.3, -0.25) is 4.79 Å². The highest BCUT2D eigenvalue weighted by molar-refractivity contribution is 5.80. The van der Waals surface area contributed by atoms with Crippen LogP contribution in [0.5, 0.6) is 0 Å². The summed E-state index contributed by atoms with van der Waals surface area (Å²) in [5, 5.41) is 8.93. The quantitative estimate of drug-likeness (QED) is 0.803. The first-order valence-corrected chi connectivity index (χ1v) is 7.18. The minimum atomic E-state index is -0.965.